The Labute approximate surface area is 115 Å². The van der Waals surface area contributed by atoms with Crippen molar-refractivity contribution >= 4 is 19.2 Å². The van der Waals surface area contributed by atoms with Gasteiger partial charge in [-0.25, -0.2) is 0 Å². The SMILES string of the molecule is c1ccc(Pc2ccccc2-c2ccccc2)cc1. The van der Waals surface area contributed by atoms with Crippen LogP contribution in [0.1, 0.15) is 0 Å². The first-order valence-corrected chi connectivity index (χ1v) is 7.40. The molecule has 0 saturated heterocycles. The number of benzene rings is 3. The number of hydrogen-bond donors (Lipinski definition) is 0. The van der Waals surface area contributed by atoms with Crippen molar-refractivity contribution in [1.29, 1.82) is 0 Å². The number of hydrogen-bond acceptors (Lipinski definition) is 0. The molecule has 0 saturated carbocycles. The molecule has 0 fully saturated rings. The second-order valence-corrected chi connectivity index (χ2v) is 5.77. The molecule has 92 valence electrons. The first kappa shape index (κ1) is 12.1. The summed E-state index contributed by atoms with van der Waals surface area (Å²) in [5.74, 6) is 0. The Kier molecular flexibility index (Phi) is 3.72. The summed E-state index contributed by atoms with van der Waals surface area (Å²) >= 11 is 0. The van der Waals surface area contributed by atoms with Gasteiger partial charge in [-0.3, -0.25) is 0 Å². The van der Waals surface area contributed by atoms with Crippen molar-refractivity contribution in [2.45, 2.75) is 0 Å². The van der Waals surface area contributed by atoms with Crippen LogP contribution >= 0.6 is 8.58 Å². The van der Waals surface area contributed by atoms with Crippen LogP contribution in [0.4, 0.5) is 0 Å². The lowest BCUT2D eigenvalue weighted by atomic mass is 10.1. The maximum atomic E-state index is 2.23. The van der Waals surface area contributed by atoms with E-state index in [0.717, 1.165) is 0 Å². The Morgan fingerprint density at radius 1 is 0.526 bits per heavy atom. The average Bonchev–Trinajstić information content (AvgIpc) is 2.50. The van der Waals surface area contributed by atoms with Crippen molar-refractivity contribution in [2.75, 3.05) is 0 Å². The first-order chi connectivity index (χ1) is 9.43. The minimum absolute atomic E-state index is 0.701. The van der Waals surface area contributed by atoms with Gasteiger partial charge in [0.05, 0.1) is 0 Å². The highest BCUT2D eigenvalue weighted by atomic mass is 31.1. The molecular formula is C18H15P. The predicted molar refractivity (Wildman–Crippen MR) is 85.9 cm³/mol. The zero-order valence-electron chi connectivity index (χ0n) is 10.6. The molecule has 19 heavy (non-hydrogen) atoms. The standard InChI is InChI=1S/C18H15P/c1-3-9-15(10-4-1)17-13-7-8-14-18(17)19-16-11-5-2-6-12-16/h1-14,19H. The summed E-state index contributed by atoms with van der Waals surface area (Å²) < 4.78 is 0. The van der Waals surface area contributed by atoms with Crippen LogP contribution in [0.2, 0.25) is 0 Å². The monoisotopic (exact) mass is 262 g/mol. The Morgan fingerprint density at radius 2 is 1.11 bits per heavy atom. The Morgan fingerprint density at radius 3 is 1.84 bits per heavy atom. The van der Waals surface area contributed by atoms with E-state index in [9.17, 15) is 0 Å². The fourth-order valence-corrected chi connectivity index (χ4v) is 3.35. The second kappa shape index (κ2) is 5.82. The molecule has 1 unspecified atom stereocenters. The van der Waals surface area contributed by atoms with E-state index in [1.54, 1.807) is 0 Å². The third-order valence-electron chi connectivity index (χ3n) is 3.06. The normalized spacial score (nSPS) is 10.9. The van der Waals surface area contributed by atoms with Crippen LogP contribution in [0.15, 0.2) is 84.9 Å². The minimum Gasteiger partial charge on any atom is -0.0622 e. The van der Waals surface area contributed by atoms with Crippen molar-refractivity contribution in [3.8, 4) is 11.1 Å². The van der Waals surface area contributed by atoms with Crippen molar-refractivity contribution in [3.05, 3.63) is 84.9 Å². The smallest absolute Gasteiger partial charge is 0.0106 e. The van der Waals surface area contributed by atoms with Crippen molar-refractivity contribution in [1.82, 2.24) is 0 Å². The summed E-state index contributed by atoms with van der Waals surface area (Å²) in [6, 6.07) is 29.9. The molecule has 0 heterocycles. The van der Waals surface area contributed by atoms with E-state index < -0.39 is 0 Å². The van der Waals surface area contributed by atoms with E-state index in [4.69, 9.17) is 0 Å². The van der Waals surface area contributed by atoms with Gasteiger partial charge in [0.15, 0.2) is 0 Å². The molecule has 1 atom stereocenters. The summed E-state index contributed by atoms with van der Waals surface area (Å²) in [4.78, 5) is 0. The largest absolute Gasteiger partial charge is 0.0622 e. The van der Waals surface area contributed by atoms with Gasteiger partial charge >= 0.3 is 0 Å². The molecule has 0 aromatic heterocycles. The van der Waals surface area contributed by atoms with Crippen LogP contribution in [0, 0.1) is 0 Å². The second-order valence-electron chi connectivity index (χ2n) is 4.40. The zero-order chi connectivity index (χ0) is 12.9. The minimum atomic E-state index is 0.701. The molecule has 0 aliphatic rings. The topological polar surface area (TPSA) is 0 Å². The highest BCUT2D eigenvalue weighted by molar-refractivity contribution is 7.55. The maximum absolute atomic E-state index is 2.23. The van der Waals surface area contributed by atoms with E-state index >= 15 is 0 Å². The summed E-state index contributed by atoms with van der Waals surface area (Å²) in [6.45, 7) is 0. The Balaban J connectivity index is 1.99. The zero-order valence-corrected chi connectivity index (χ0v) is 11.6. The van der Waals surface area contributed by atoms with Gasteiger partial charge in [-0.05, 0) is 21.7 Å². The third-order valence-corrected chi connectivity index (χ3v) is 4.39. The molecule has 3 aromatic carbocycles. The van der Waals surface area contributed by atoms with Gasteiger partial charge in [0, 0.05) is 0 Å². The van der Waals surface area contributed by atoms with Gasteiger partial charge in [0.1, 0.15) is 0 Å². The fourth-order valence-electron chi connectivity index (χ4n) is 2.14. The average molecular weight is 262 g/mol. The fraction of sp³-hybridized carbons (Fsp3) is 0. The molecule has 0 N–H and O–H groups in total. The van der Waals surface area contributed by atoms with Crippen molar-refractivity contribution < 1.29 is 0 Å². The van der Waals surface area contributed by atoms with Crippen LogP contribution in [-0.4, -0.2) is 0 Å². The van der Waals surface area contributed by atoms with E-state index in [2.05, 4.69) is 84.9 Å². The summed E-state index contributed by atoms with van der Waals surface area (Å²) in [7, 11) is 0.701. The molecular weight excluding hydrogens is 247 g/mol. The van der Waals surface area contributed by atoms with Crippen LogP contribution in [0.25, 0.3) is 11.1 Å². The van der Waals surface area contributed by atoms with Gasteiger partial charge in [-0.2, -0.15) is 0 Å². The molecule has 0 amide bonds. The maximum Gasteiger partial charge on any atom is -0.0106 e. The molecule has 0 aliphatic carbocycles. The third kappa shape index (κ3) is 2.92. The van der Waals surface area contributed by atoms with Gasteiger partial charge < -0.3 is 0 Å². The molecule has 0 nitrogen and oxygen atoms in total. The van der Waals surface area contributed by atoms with E-state index in [-0.39, 0.29) is 0 Å². The Hall–Kier alpha value is -1.91. The summed E-state index contributed by atoms with van der Waals surface area (Å²) in [5.41, 5.74) is 2.63. The molecule has 3 rings (SSSR count). The lowest BCUT2D eigenvalue weighted by molar-refractivity contribution is 1.65. The quantitative estimate of drug-likeness (QED) is 0.626. The van der Waals surface area contributed by atoms with E-state index in [0.29, 0.717) is 8.58 Å². The molecule has 3 aromatic rings. The summed E-state index contributed by atoms with van der Waals surface area (Å²) in [6.07, 6.45) is 0. The van der Waals surface area contributed by atoms with Crippen LogP contribution in [0.3, 0.4) is 0 Å². The van der Waals surface area contributed by atoms with Crippen LogP contribution in [-0.2, 0) is 0 Å². The predicted octanol–water partition coefficient (Wildman–Crippen LogP) is 3.98. The van der Waals surface area contributed by atoms with Crippen LogP contribution in [0.5, 0.6) is 0 Å². The lowest BCUT2D eigenvalue weighted by Crippen LogP contribution is -2.05. The molecule has 0 radical (unpaired) electrons. The molecule has 1 heteroatoms. The number of rotatable bonds is 3. The van der Waals surface area contributed by atoms with E-state index in [1.165, 1.54) is 21.7 Å². The van der Waals surface area contributed by atoms with Crippen molar-refractivity contribution in [3.63, 3.8) is 0 Å². The molecule has 0 aliphatic heterocycles. The summed E-state index contributed by atoms with van der Waals surface area (Å²) in [5, 5.41) is 2.78. The molecule has 0 spiro atoms. The van der Waals surface area contributed by atoms with Gasteiger partial charge in [0.2, 0.25) is 0 Å². The van der Waals surface area contributed by atoms with Gasteiger partial charge in [-0.15, -0.1) is 0 Å². The Bertz CT molecular complexity index is 645. The first-order valence-electron chi connectivity index (χ1n) is 6.40. The van der Waals surface area contributed by atoms with Crippen LogP contribution < -0.4 is 10.6 Å². The lowest BCUT2D eigenvalue weighted by Gasteiger charge is -2.09. The van der Waals surface area contributed by atoms with Gasteiger partial charge in [0.25, 0.3) is 0 Å². The van der Waals surface area contributed by atoms with Crippen molar-refractivity contribution in [2.24, 2.45) is 0 Å². The van der Waals surface area contributed by atoms with E-state index in [1.807, 2.05) is 0 Å². The highest BCUT2D eigenvalue weighted by Gasteiger charge is 2.04. The highest BCUT2D eigenvalue weighted by Crippen LogP contribution is 2.22. The van der Waals surface area contributed by atoms with Gasteiger partial charge in [-0.1, -0.05) is 93.5 Å². The molecule has 0 bridgehead atoms.